The van der Waals surface area contributed by atoms with Gasteiger partial charge in [0.1, 0.15) is 0 Å². The van der Waals surface area contributed by atoms with Crippen molar-refractivity contribution >= 4 is 0 Å². The van der Waals surface area contributed by atoms with Gasteiger partial charge in [0.15, 0.2) is 0 Å². The molecule has 2 atom stereocenters. The molecule has 1 aliphatic carbocycles. The quantitative estimate of drug-likeness (QED) is 0.714. The highest BCUT2D eigenvalue weighted by Gasteiger charge is 2.63. The van der Waals surface area contributed by atoms with Crippen molar-refractivity contribution in [3.8, 4) is 0 Å². The van der Waals surface area contributed by atoms with Gasteiger partial charge in [-0.15, -0.1) is 0 Å². The van der Waals surface area contributed by atoms with Gasteiger partial charge in [-0.3, -0.25) is 0 Å². The molecule has 2 rings (SSSR count). The molecule has 1 saturated carbocycles. The maximum atomic E-state index is 9.89. The van der Waals surface area contributed by atoms with E-state index >= 15 is 0 Å². The maximum absolute atomic E-state index is 9.89. The van der Waals surface area contributed by atoms with Crippen molar-refractivity contribution in [2.24, 2.45) is 16.7 Å². The zero-order valence-electron chi connectivity index (χ0n) is 13.4. The Kier molecular flexibility index (Phi) is 5.11. The van der Waals surface area contributed by atoms with Crippen LogP contribution in [0.3, 0.4) is 0 Å². The molecule has 20 heavy (non-hydrogen) atoms. The molecule has 0 radical (unpaired) electrons. The number of ether oxygens (including phenoxy) is 2. The van der Waals surface area contributed by atoms with Gasteiger partial charge < -0.3 is 19.9 Å². The van der Waals surface area contributed by atoms with E-state index in [1.54, 1.807) is 0 Å². The van der Waals surface area contributed by atoms with Crippen molar-refractivity contribution in [1.29, 1.82) is 0 Å². The fourth-order valence-corrected chi connectivity index (χ4v) is 3.41. The first-order valence-corrected chi connectivity index (χ1v) is 7.94. The molecule has 118 valence electrons. The number of aliphatic hydroxyl groups excluding tert-OH is 1. The second kappa shape index (κ2) is 6.30. The van der Waals surface area contributed by atoms with E-state index in [4.69, 9.17) is 9.47 Å². The molecule has 0 bridgehead atoms. The normalized spacial score (nSPS) is 29.6. The molecule has 2 unspecified atom stereocenters. The van der Waals surface area contributed by atoms with Crippen LogP contribution in [0.25, 0.3) is 0 Å². The van der Waals surface area contributed by atoms with E-state index in [-0.39, 0.29) is 6.10 Å². The van der Waals surface area contributed by atoms with Crippen LogP contribution < -0.4 is 5.32 Å². The topological polar surface area (TPSA) is 50.7 Å². The smallest absolute Gasteiger partial charge is 0.0897 e. The molecule has 0 aromatic heterocycles. The Morgan fingerprint density at radius 3 is 2.55 bits per heavy atom. The van der Waals surface area contributed by atoms with Crippen LogP contribution in [0.15, 0.2) is 0 Å². The average Bonchev–Trinajstić information content (AvgIpc) is 2.79. The van der Waals surface area contributed by atoms with E-state index < -0.39 is 6.10 Å². The number of hydrogen-bond acceptors (Lipinski definition) is 4. The second-order valence-electron chi connectivity index (χ2n) is 7.48. The first-order chi connectivity index (χ1) is 9.35. The molecular weight excluding hydrogens is 254 g/mol. The van der Waals surface area contributed by atoms with Crippen LogP contribution in [0.1, 0.15) is 40.5 Å². The highest BCUT2D eigenvalue weighted by Crippen LogP contribution is 2.67. The van der Waals surface area contributed by atoms with E-state index in [1.807, 2.05) is 0 Å². The van der Waals surface area contributed by atoms with Gasteiger partial charge in [-0.05, 0) is 36.1 Å². The summed E-state index contributed by atoms with van der Waals surface area (Å²) in [4.78, 5) is 0. The lowest BCUT2D eigenvalue weighted by atomic mass is 10.0. The molecule has 0 spiro atoms. The number of hydrogen-bond donors (Lipinski definition) is 2. The summed E-state index contributed by atoms with van der Waals surface area (Å²) in [5.74, 6) is 0.690. The molecule has 0 amide bonds. The van der Waals surface area contributed by atoms with Crippen molar-refractivity contribution < 1.29 is 14.6 Å². The third kappa shape index (κ3) is 3.53. The van der Waals surface area contributed by atoms with Crippen molar-refractivity contribution in [1.82, 2.24) is 5.32 Å². The number of nitrogens with one attached hydrogen (secondary N) is 1. The van der Waals surface area contributed by atoms with Crippen LogP contribution in [-0.2, 0) is 9.47 Å². The Hall–Kier alpha value is -0.160. The molecule has 1 heterocycles. The molecule has 4 nitrogen and oxygen atoms in total. The lowest BCUT2D eigenvalue weighted by Gasteiger charge is -2.15. The highest BCUT2D eigenvalue weighted by atomic mass is 16.5. The van der Waals surface area contributed by atoms with Crippen LogP contribution >= 0.6 is 0 Å². The van der Waals surface area contributed by atoms with Gasteiger partial charge in [0, 0.05) is 13.2 Å². The van der Waals surface area contributed by atoms with E-state index in [0.29, 0.717) is 36.5 Å². The van der Waals surface area contributed by atoms with Crippen LogP contribution in [-0.4, -0.2) is 50.2 Å². The van der Waals surface area contributed by atoms with Crippen LogP contribution in [0.2, 0.25) is 0 Å². The third-order valence-electron chi connectivity index (χ3n) is 5.69. The Labute approximate surface area is 123 Å². The molecule has 0 aromatic carbocycles. The zero-order valence-corrected chi connectivity index (χ0v) is 13.4. The lowest BCUT2D eigenvalue weighted by Crippen LogP contribution is -2.33. The number of rotatable bonds is 8. The molecule has 0 aromatic rings. The SMILES string of the molecule is CC1(C)C(CNCC(O)COCC2CCCO2)C1(C)C. The van der Waals surface area contributed by atoms with Crippen LogP contribution in [0, 0.1) is 16.7 Å². The Morgan fingerprint density at radius 1 is 1.30 bits per heavy atom. The van der Waals surface area contributed by atoms with Crippen molar-refractivity contribution in [2.45, 2.75) is 52.7 Å². The van der Waals surface area contributed by atoms with Gasteiger partial charge in [0.05, 0.1) is 25.4 Å². The molecule has 1 saturated heterocycles. The van der Waals surface area contributed by atoms with Gasteiger partial charge in [0.2, 0.25) is 0 Å². The van der Waals surface area contributed by atoms with Gasteiger partial charge in [-0.1, -0.05) is 27.7 Å². The summed E-state index contributed by atoms with van der Waals surface area (Å²) in [5.41, 5.74) is 0.808. The Balaban J connectivity index is 1.51. The predicted molar refractivity (Wildman–Crippen MR) is 79.7 cm³/mol. The summed E-state index contributed by atoms with van der Waals surface area (Å²) < 4.78 is 11.0. The summed E-state index contributed by atoms with van der Waals surface area (Å²) in [6, 6.07) is 0. The predicted octanol–water partition coefficient (Wildman–Crippen LogP) is 1.81. The summed E-state index contributed by atoms with van der Waals surface area (Å²) in [7, 11) is 0. The zero-order chi connectivity index (χ0) is 14.8. The first kappa shape index (κ1) is 16.2. The standard InChI is InChI=1S/C16H31NO3/c1-15(2)14(16(15,3)4)9-17-8-12(18)10-19-11-13-6-5-7-20-13/h12-14,17-18H,5-11H2,1-4H3. The van der Waals surface area contributed by atoms with E-state index in [9.17, 15) is 5.11 Å². The number of aliphatic hydroxyl groups is 1. The van der Waals surface area contributed by atoms with E-state index in [1.165, 1.54) is 0 Å². The van der Waals surface area contributed by atoms with Crippen molar-refractivity contribution in [2.75, 3.05) is 32.9 Å². The van der Waals surface area contributed by atoms with E-state index in [2.05, 4.69) is 33.0 Å². The first-order valence-electron chi connectivity index (χ1n) is 7.94. The fraction of sp³-hybridized carbons (Fsp3) is 1.00. The van der Waals surface area contributed by atoms with Gasteiger partial charge in [-0.25, -0.2) is 0 Å². The van der Waals surface area contributed by atoms with Gasteiger partial charge in [-0.2, -0.15) is 0 Å². The fourth-order valence-electron chi connectivity index (χ4n) is 3.41. The Bertz CT molecular complexity index is 297. The average molecular weight is 285 g/mol. The minimum atomic E-state index is -0.429. The van der Waals surface area contributed by atoms with Crippen molar-refractivity contribution in [3.63, 3.8) is 0 Å². The largest absolute Gasteiger partial charge is 0.389 e. The molecule has 2 N–H and O–H groups in total. The van der Waals surface area contributed by atoms with Gasteiger partial charge >= 0.3 is 0 Å². The third-order valence-corrected chi connectivity index (χ3v) is 5.69. The van der Waals surface area contributed by atoms with Crippen molar-refractivity contribution in [3.05, 3.63) is 0 Å². The maximum Gasteiger partial charge on any atom is 0.0897 e. The van der Waals surface area contributed by atoms with Crippen LogP contribution in [0.5, 0.6) is 0 Å². The molecule has 1 aliphatic heterocycles. The summed E-state index contributed by atoms with van der Waals surface area (Å²) in [6.45, 7) is 12.7. The monoisotopic (exact) mass is 285 g/mol. The molecule has 2 fully saturated rings. The van der Waals surface area contributed by atoms with Gasteiger partial charge in [0.25, 0.3) is 0 Å². The molecule has 4 heteroatoms. The molecular formula is C16H31NO3. The highest BCUT2D eigenvalue weighted by molar-refractivity contribution is 5.12. The summed E-state index contributed by atoms with van der Waals surface area (Å²) in [5, 5.41) is 13.3. The summed E-state index contributed by atoms with van der Waals surface area (Å²) in [6.07, 6.45) is 2.02. The lowest BCUT2D eigenvalue weighted by molar-refractivity contribution is -0.0164. The molecule has 2 aliphatic rings. The summed E-state index contributed by atoms with van der Waals surface area (Å²) >= 11 is 0. The van der Waals surface area contributed by atoms with Crippen LogP contribution in [0.4, 0.5) is 0 Å². The minimum absolute atomic E-state index is 0.239. The second-order valence-corrected chi connectivity index (χ2v) is 7.48. The Morgan fingerprint density at radius 2 is 2.00 bits per heavy atom. The van der Waals surface area contributed by atoms with E-state index in [0.717, 1.165) is 26.0 Å². The minimum Gasteiger partial charge on any atom is -0.389 e.